The summed E-state index contributed by atoms with van der Waals surface area (Å²) in [5.41, 5.74) is 0. The van der Waals surface area contributed by atoms with Gasteiger partial charge in [-0.3, -0.25) is 9.59 Å². The molecular weight excluding hydrogens is 204 g/mol. The summed E-state index contributed by atoms with van der Waals surface area (Å²) in [6, 6.07) is 0. The van der Waals surface area contributed by atoms with Gasteiger partial charge in [-0.1, -0.05) is 26.7 Å². The highest BCUT2D eigenvalue weighted by molar-refractivity contribution is 5.78. The number of hydrogen-bond acceptors (Lipinski definition) is 2. The van der Waals surface area contributed by atoms with Gasteiger partial charge in [-0.2, -0.15) is 0 Å². The zero-order valence-corrected chi connectivity index (χ0v) is 10.4. The van der Waals surface area contributed by atoms with Crippen molar-refractivity contribution < 1.29 is 9.59 Å². The van der Waals surface area contributed by atoms with Crippen LogP contribution in [0.4, 0.5) is 0 Å². The Morgan fingerprint density at radius 1 is 1.25 bits per heavy atom. The minimum Gasteiger partial charge on any atom is -0.359 e. The van der Waals surface area contributed by atoms with Gasteiger partial charge in [-0.05, 0) is 19.3 Å². The van der Waals surface area contributed by atoms with Crippen molar-refractivity contribution >= 4 is 12.3 Å². The number of nitrogens with one attached hydrogen (secondary N) is 2. The summed E-state index contributed by atoms with van der Waals surface area (Å²) in [7, 11) is 0. The van der Waals surface area contributed by atoms with Crippen LogP contribution in [0, 0.1) is 5.92 Å². The van der Waals surface area contributed by atoms with Gasteiger partial charge in [-0.25, -0.2) is 0 Å². The molecule has 0 radical (unpaired) electrons. The first-order valence-corrected chi connectivity index (χ1v) is 6.20. The lowest BCUT2D eigenvalue weighted by Gasteiger charge is -2.14. The highest BCUT2D eigenvalue weighted by Crippen LogP contribution is 2.07. The molecule has 0 rings (SSSR count). The normalized spacial score (nSPS) is 11.9. The molecule has 0 bridgehead atoms. The Balaban J connectivity index is 3.68. The monoisotopic (exact) mass is 228 g/mol. The standard InChI is InChI=1S/C12H24N2O2/c1-3-5-6-8-14-12(16)11(4-2)7-9-13-10-15/h10-11H,3-9H2,1-2H3,(H,13,15)(H,14,16). The molecule has 1 unspecified atom stereocenters. The smallest absolute Gasteiger partial charge is 0.223 e. The third-order valence-corrected chi connectivity index (χ3v) is 2.66. The van der Waals surface area contributed by atoms with Crippen LogP contribution in [0.15, 0.2) is 0 Å². The highest BCUT2D eigenvalue weighted by atomic mass is 16.2. The first-order chi connectivity index (χ1) is 7.76. The Morgan fingerprint density at radius 3 is 2.56 bits per heavy atom. The zero-order valence-electron chi connectivity index (χ0n) is 10.4. The fraction of sp³-hybridized carbons (Fsp3) is 0.833. The topological polar surface area (TPSA) is 58.2 Å². The molecule has 4 nitrogen and oxygen atoms in total. The van der Waals surface area contributed by atoms with E-state index in [9.17, 15) is 9.59 Å². The van der Waals surface area contributed by atoms with Crippen LogP contribution in [-0.2, 0) is 9.59 Å². The van der Waals surface area contributed by atoms with Crippen molar-refractivity contribution in [3.8, 4) is 0 Å². The summed E-state index contributed by atoms with van der Waals surface area (Å²) in [4.78, 5) is 21.8. The maximum Gasteiger partial charge on any atom is 0.223 e. The molecule has 2 N–H and O–H groups in total. The molecule has 0 saturated carbocycles. The SMILES string of the molecule is CCCCCNC(=O)C(CC)CCNC=O. The number of carbonyl (C=O) groups excluding carboxylic acids is 2. The van der Waals surface area contributed by atoms with Gasteiger partial charge in [-0.15, -0.1) is 0 Å². The molecule has 0 aromatic carbocycles. The van der Waals surface area contributed by atoms with Crippen molar-refractivity contribution in [3.05, 3.63) is 0 Å². The van der Waals surface area contributed by atoms with Crippen molar-refractivity contribution in [2.24, 2.45) is 5.92 Å². The van der Waals surface area contributed by atoms with Gasteiger partial charge < -0.3 is 10.6 Å². The maximum absolute atomic E-state index is 11.7. The molecule has 0 heterocycles. The molecule has 0 aliphatic carbocycles. The van der Waals surface area contributed by atoms with Crippen molar-refractivity contribution in [2.75, 3.05) is 13.1 Å². The summed E-state index contributed by atoms with van der Waals surface area (Å²) in [5.74, 6) is 0.139. The van der Waals surface area contributed by atoms with Crippen molar-refractivity contribution in [3.63, 3.8) is 0 Å². The van der Waals surface area contributed by atoms with Gasteiger partial charge >= 0.3 is 0 Å². The molecule has 0 aliphatic heterocycles. The molecule has 16 heavy (non-hydrogen) atoms. The number of unbranched alkanes of at least 4 members (excludes halogenated alkanes) is 2. The largest absolute Gasteiger partial charge is 0.359 e. The van der Waals surface area contributed by atoms with E-state index >= 15 is 0 Å². The second-order valence-electron chi connectivity index (χ2n) is 3.96. The van der Waals surface area contributed by atoms with Crippen molar-refractivity contribution in [1.29, 1.82) is 0 Å². The van der Waals surface area contributed by atoms with E-state index < -0.39 is 0 Å². The van der Waals surface area contributed by atoms with Gasteiger partial charge in [0.15, 0.2) is 0 Å². The molecule has 0 aliphatic rings. The third-order valence-electron chi connectivity index (χ3n) is 2.66. The van der Waals surface area contributed by atoms with Gasteiger partial charge in [0.2, 0.25) is 12.3 Å². The van der Waals surface area contributed by atoms with E-state index in [1.54, 1.807) is 0 Å². The Kier molecular flexibility index (Phi) is 9.76. The number of rotatable bonds is 10. The van der Waals surface area contributed by atoms with Crippen molar-refractivity contribution in [2.45, 2.75) is 46.0 Å². The highest BCUT2D eigenvalue weighted by Gasteiger charge is 2.14. The molecule has 0 saturated heterocycles. The predicted molar refractivity (Wildman–Crippen MR) is 65.0 cm³/mol. The van der Waals surface area contributed by atoms with Gasteiger partial charge in [0.1, 0.15) is 0 Å². The zero-order chi connectivity index (χ0) is 12.2. The minimum atomic E-state index is 0.0223. The van der Waals surface area contributed by atoms with Crippen LogP contribution in [0.2, 0.25) is 0 Å². The third kappa shape index (κ3) is 7.26. The van der Waals surface area contributed by atoms with E-state index in [1.807, 2.05) is 6.92 Å². The second kappa shape index (κ2) is 10.5. The fourth-order valence-corrected chi connectivity index (χ4v) is 1.57. The summed E-state index contributed by atoms with van der Waals surface area (Å²) >= 11 is 0. The molecule has 1 atom stereocenters. The van der Waals surface area contributed by atoms with Crippen LogP contribution in [0.25, 0.3) is 0 Å². The summed E-state index contributed by atoms with van der Waals surface area (Å²) in [5, 5.41) is 5.52. The summed E-state index contributed by atoms with van der Waals surface area (Å²) < 4.78 is 0. The molecule has 2 amide bonds. The maximum atomic E-state index is 11.7. The predicted octanol–water partition coefficient (Wildman–Crippen LogP) is 1.46. The molecule has 0 aromatic rings. The lowest BCUT2D eigenvalue weighted by atomic mass is 10.0. The van der Waals surface area contributed by atoms with Crippen LogP contribution in [0.5, 0.6) is 0 Å². The molecule has 0 fully saturated rings. The Hall–Kier alpha value is -1.06. The van der Waals surface area contributed by atoms with E-state index in [0.29, 0.717) is 13.0 Å². The van der Waals surface area contributed by atoms with Crippen molar-refractivity contribution in [1.82, 2.24) is 10.6 Å². The molecule has 0 spiro atoms. The Labute approximate surface area is 98.2 Å². The average molecular weight is 228 g/mol. The van der Waals surface area contributed by atoms with Crippen LogP contribution in [0.3, 0.4) is 0 Å². The molecular formula is C12H24N2O2. The van der Waals surface area contributed by atoms with Gasteiger partial charge in [0, 0.05) is 19.0 Å². The number of carbonyl (C=O) groups is 2. The van der Waals surface area contributed by atoms with E-state index in [2.05, 4.69) is 17.6 Å². The van der Waals surface area contributed by atoms with Gasteiger partial charge in [0.25, 0.3) is 0 Å². The lowest BCUT2D eigenvalue weighted by molar-refractivity contribution is -0.125. The summed E-state index contributed by atoms with van der Waals surface area (Å²) in [6.07, 6.45) is 5.58. The lowest BCUT2D eigenvalue weighted by Crippen LogP contribution is -2.33. The van der Waals surface area contributed by atoms with Crippen LogP contribution < -0.4 is 10.6 Å². The van der Waals surface area contributed by atoms with Gasteiger partial charge in [0.05, 0.1) is 0 Å². The minimum absolute atomic E-state index is 0.0223. The van der Waals surface area contributed by atoms with Crippen LogP contribution >= 0.6 is 0 Å². The average Bonchev–Trinajstić information content (AvgIpc) is 2.30. The first kappa shape index (κ1) is 14.9. The number of hydrogen-bond donors (Lipinski definition) is 2. The van der Waals surface area contributed by atoms with Crippen LogP contribution in [0.1, 0.15) is 46.0 Å². The molecule has 94 valence electrons. The second-order valence-corrected chi connectivity index (χ2v) is 3.96. The van der Waals surface area contributed by atoms with E-state index in [1.165, 1.54) is 0 Å². The van der Waals surface area contributed by atoms with E-state index in [4.69, 9.17) is 0 Å². The quantitative estimate of drug-likeness (QED) is 0.439. The Bertz CT molecular complexity index is 195. The molecule has 0 aromatic heterocycles. The first-order valence-electron chi connectivity index (χ1n) is 6.20. The fourth-order valence-electron chi connectivity index (χ4n) is 1.57. The Morgan fingerprint density at radius 2 is 2.00 bits per heavy atom. The van der Waals surface area contributed by atoms with E-state index in [0.717, 1.165) is 38.6 Å². The van der Waals surface area contributed by atoms with Crippen LogP contribution in [-0.4, -0.2) is 25.4 Å². The number of amides is 2. The molecule has 4 heteroatoms. The van der Waals surface area contributed by atoms with E-state index in [-0.39, 0.29) is 11.8 Å². The summed E-state index contributed by atoms with van der Waals surface area (Å²) in [6.45, 7) is 5.48.